The molecule has 1 rings (SSSR count). The van der Waals surface area contributed by atoms with Crippen LogP contribution >= 0.6 is 0 Å². The van der Waals surface area contributed by atoms with Crippen molar-refractivity contribution >= 4 is 11.7 Å². The normalized spacial score (nSPS) is 14.3. The number of carbonyl (C=O) groups is 1. The number of hydrogen-bond acceptors (Lipinski definition) is 3. The van der Waals surface area contributed by atoms with Gasteiger partial charge < -0.3 is 10.8 Å². The molecule has 0 aliphatic heterocycles. The lowest BCUT2D eigenvalue weighted by Crippen LogP contribution is -2.47. The minimum absolute atomic E-state index is 0.226. The molecular weight excluding hydrogens is 244 g/mol. The molecule has 1 aromatic carbocycles. The highest BCUT2D eigenvalue weighted by Crippen LogP contribution is 2.33. The van der Waals surface area contributed by atoms with Crippen molar-refractivity contribution in [3.63, 3.8) is 0 Å². The fraction of sp³-hybridized carbons (Fsp3) is 0.462. The lowest BCUT2D eigenvalue weighted by atomic mass is 9.76. The predicted molar refractivity (Wildman–Crippen MR) is 72.8 cm³/mol. The van der Waals surface area contributed by atoms with Crippen LogP contribution in [0.5, 0.6) is 0 Å². The molecule has 0 heterocycles. The smallest absolute Gasteiger partial charge is 0.328 e. The van der Waals surface area contributed by atoms with Gasteiger partial charge in [0.05, 0.1) is 0 Å². The number of benzene rings is 1. The molecule has 0 saturated heterocycles. The summed E-state index contributed by atoms with van der Waals surface area (Å²) in [5.41, 5.74) is 13.6. The van der Waals surface area contributed by atoms with Crippen molar-refractivity contribution in [3.8, 4) is 0 Å². The van der Waals surface area contributed by atoms with E-state index in [1.165, 1.54) is 0 Å². The molecule has 0 fully saturated rings. The Morgan fingerprint density at radius 2 is 1.89 bits per heavy atom. The van der Waals surface area contributed by atoms with Crippen LogP contribution in [0.25, 0.3) is 10.4 Å². The van der Waals surface area contributed by atoms with E-state index in [1.54, 1.807) is 24.3 Å². The molecule has 3 N–H and O–H groups in total. The molecule has 0 aliphatic rings. The van der Waals surface area contributed by atoms with E-state index in [0.717, 1.165) is 0 Å². The summed E-state index contributed by atoms with van der Waals surface area (Å²) in [5.74, 6) is -1.07. The van der Waals surface area contributed by atoms with E-state index in [4.69, 9.17) is 11.3 Å². The standard InChI is InChI=1S/C13H18N4O2/c1-12(2,3)8-13(14,11(18)19)9-4-6-10(7-5-9)16-17-15/h4-7H,8,14H2,1-3H3,(H,18,19). The van der Waals surface area contributed by atoms with Gasteiger partial charge in [0.1, 0.15) is 5.54 Å². The Hall–Kier alpha value is -2.04. The average Bonchev–Trinajstić information content (AvgIpc) is 2.27. The van der Waals surface area contributed by atoms with Crippen molar-refractivity contribution in [2.45, 2.75) is 32.7 Å². The largest absolute Gasteiger partial charge is 0.480 e. The summed E-state index contributed by atoms with van der Waals surface area (Å²) >= 11 is 0. The third kappa shape index (κ3) is 3.71. The molecule has 1 unspecified atom stereocenters. The Kier molecular flexibility index (Phi) is 4.19. The fourth-order valence-corrected chi connectivity index (χ4v) is 2.01. The summed E-state index contributed by atoms with van der Waals surface area (Å²) in [6.45, 7) is 5.81. The van der Waals surface area contributed by atoms with E-state index >= 15 is 0 Å². The maximum atomic E-state index is 11.5. The van der Waals surface area contributed by atoms with E-state index in [0.29, 0.717) is 17.7 Å². The maximum Gasteiger partial charge on any atom is 0.328 e. The number of carboxylic acids is 1. The topological polar surface area (TPSA) is 112 Å². The summed E-state index contributed by atoms with van der Waals surface area (Å²) in [6, 6.07) is 6.29. The van der Waals surface area contributed by atoms with Crippen LogP contribution in [0.1, 0.15) is 32.8 Å². The first-order valence-corrected chi connectivity index (χ1v) is 5.87. The zero-order chi connectivity index (χ0) is 14.7. The summed E-state index contributed by atoms with van der Waals surface area (Å²) in [5, 5.41) is 12.9. The van der Waals surface area contributed by atoms with Gasteiger partial charge >= 0.3 is 5.97 Å². The summed E-state index contributed by atoms with van der Waals surface area (Å²) < 4.78 is 0. The number of aliphatic carboxylic acids is 1. The summed E-state index contributed by atoms with van der Waals surface area (Å²) in [4.78, 5) is 14.2. The minimum atomic E-state index is -1.45. The van der Waals surface area contributed by atoms with Crippen LogP contribution < -0.4 is 5.73 Å². The number of nitrogens with two attached hydrogens (primary N) is 1. The molecule has 1 atom stereocenters. The molecular formula is C13H18N4O2. The van der Waals surface area contributed by atoms with Crippen molar-refractivity contribution in [2.75, 3.05) is 0 Å². The number of hydrogen-bond donors (Lipinski definition) is 2. The lowest BCUT2D eigenvalue weighted by molar-refractivity contribution is -0.145. The Balaban J connectivity index is 3.19. The number of rotatable bonds is 4. The van der Waals surface area contributed by atoms with Gasteiger partial charge in [0, 0.05) is 10.6 Å². The van der Waals surface area contributed by atoms with Gasteiger partial charge in [-0.05, 0) is 22.9 Å². The molecule has 19 heavy (non-hydrogen) atoms. The third-order valence-electron chi connectivity index (χ3n) is 2.73. The molecule has 0 spiro atoms. The highest BCUT2D eigenvalue weighted by molar-refractivity contribution is 5.80. The Morgan fingerprint density at radius 1 is 1.37 bits per heavy atom. The summed E-state index contributed by atoms with van der Waals surface area (Å²) in [7, 11) is 0. The third-order valence-corrected chi connectivity index (χ3v) is 2.73. The van der Waals surface area contributed by atoms with Crippen molar-refractivity contribution < 1.29 is 9.90 Å². The van der Waals surface area contributed by atoms with E-state index in [2.05, 4.69) is 10.0 Å². The number of nitrogens with zero attached hydrogens (tertiary/aromatic N) is 3. The van der Waals surface area contributed by atoms with Crippen molar-refractivity contribution in [1.82, 2.24) is 0 Å². The SMILES string of the molecule is CC(C)(C)CC(N)(C(=O)O)c1ccc(N=[N+]=[N-])cc1. The molecule has 1 aromatic rings. The van der Waals surface area contributed by atoms with E-state index < -0.39 is 11.5 Å². The zero-order valence-corrected chi connectivity index (χ0v) is 11.3. The molecule has 0 bridgehead atoms. The molecule has 0 aliphatic carbocycles. The van der Waals surface area contributed by atoms with E-state index in [1.807, 2.05) is 20.8 Å². The van der Waals surface area contributed by atoms with Gasteiger partial charge in [0.15, 0.2) is 0 Å². The molecule has 0 radical (unpaired) electrons. The molecule has 6 nitrogen and oxygen atoms in total. The Bertz CT molecular complexity index is 512. The van der Waals surface area contributed by atoms with Crippen LogP contribution in [-0.4, -0.2) is 11.1 Å². The van der Waals surface area contributed by atoms with Crippen LogP contribution in [0.3, 0.4) is 0 Å². The first-order valence-electron chi connectivity index (χ1n) is 5.87. The molecule has 0 saturated carbocycles. The summed E-state index contributed by atoms with van der Waals surface area (Å²) in [6.07, 6.45) is 0.302. The van der Waals surface area contributed by atoms with Gasteiger partial charge in [0.25, 0.3) is 0 Å². The first kappa shape index (κ1) is 15.0. The average molecular weight is 262 g/mol. The zero-order valence-electron chi connectivity index (χ0n) is 11.3. The van der Waals surface area contributed by atoms with Crippen LogP contribution in [0.15, 0.2) is 29.4 Å². The maximum absolute atomic E-state index is 11.5. The quantitative estimate of drug-likeness (QED) is 0.493. The Morgan fingerprint density at radius 3 is 2.26 bits per heavy atom. The van der Waals surface area contributed by atoms with Crippen molar-refractivity contribution in [2.24, 2.45) is 16.3 Å². The number of carboxylic acid groups (broad SMARTS) is 1. The molecule has 0 aromatic heterocycles. The van der Waals surface area contributed by atoms with Crippen LogP contribution in [0.2, 0.25) is 0 Å². The molecule has 102 valence electrons. The van der Waals surface area contributed by atoms with Gasteiger partial charge in [-0.25, -0.2) is 4.79 Å². The van der Waals surface area contributed by atoms with Gasteiger partial charge in [-0.1, -0.05) is 50.2 Å². The predicted octanol–water partition coefficient (Wildman–Crippen LogP) is 3.30. The van der Waals surface area contributed by atoms with Crippen LogP contribution in [-0.2, 0) is 10.3 Å². The second kappa shape index (κ2) is 5.30. The lowest BCUT2D eigenvalue weighted by Gasteiger charge is -2.32. The second-order valence-corrected chi connectivity index (χ2v) is 5.75. The van der Waals surface area contributed by atoms with Crippen LogP contribution in [0.4, 0.5) is 5.69 Å². The Labute approximate surface area is 111 Å². The van der Waals surface area contributed by atoms with Gasteiger partial charge in [-0.15, -0.1) is 0 Å². The fourth-order valence-electron chi connectivity index (χ4n) is 2.01. The van der Waals surface area contributed by atoms with Crippen molar-refractivity contribution in [1.29, 1.82) is 0 Å². The minimum Gasteiger partial charge on any atom is -0.480 e. The number of azide groups is 1. The van der Waals surface area contributed by atoms with Gasteiger partial charge in [0.2, 0.25) is 0 Å². The van der Waals surface area contributed by atoms with Gasteiger partial charge in [-0.2, -0.15) is 0 Å². The van der Waals surface area contributed by atoms with Crippen molar-refractivity contribution in [3.05, 3.63) is 40.3 Å². The second-order valence-electron chi connectivity index (χ2n) is 5.75. The highest BCUT2D eigenvalue weighted by atomic mass is 16.4. The highest BCUT2D eigenvalue weighted by Gasteiger charge is 2.39. The monoisotopic (exact) mass is 262 g/mol. The molecule has 6 heteroatoms. The van der Waals surface area contributed by atoms with E-state index in [9.17, 15) is 9.90 Å². The van der Waals surface area contributed by atoms with E-state index in [-0.39, 0.29) is 5.41 Å². The molecule has 0 amide bonds. The van der Waals surface area contributed by atoms with Gasteiger partial charge in [-0.3, -0.25) is 0 Å². The van der Waals surface area contributed by atoms with Crippen LogP contribution in [0, 0.1) is 5.41 Å². The first-order chi connectivity index (χ1) is 8.69.